The number of urea groups is 1. The van der Waals surface area contributed by atoms with Gasteiger partial charge in [0.1, 0.15) is 18.9 Å². The summed E-state index contributed by atoms with van der Waals surface area (Å²) < 4.78 is 15.9. The largest absolute Gasteiger partial charge is 0.494 e. The minimum atomic E-state index is -0.585. The number of nitrogens with zero attached hydrogens (tertiary/aromatic N) is 3. The highest BCUT2D eigenvalue weighted by Crippen LogP contribution is 2.36. The van der Waals surface area contributed by atoms with Crippen molar-refractivity contribution in [2.45, 2.75) is 32.9 Å². The third-order valence-corrected chi connectivity index (χ3v) is 4.64. The van der Waals surface area contributed by atoms with E-state index in [1.165, 1.54) is 4.90 Å². The third kappa shape index (κ3) is 3.19. The number of nitrogens with one attached hydrogen (secondary N) is 1. The van der Waals surface area contributed by atoms with Crippen LogP contribution in [0.1, 0.15) is 37.2 Å². The van der Waals surface area contributed by atoms with Gasteiger partial charge in [-0.25, -0.2) is 9.59 Å². The van der Waals surface area contributed by atoms with Crippen LogP contribution in [0, 0.1) is 0 Å². The first-order chi connectivity index (χ1) is 13.6. The Morgan fingerprint density at radius 3 is 2.71 bits per heavy atom. The second kappa shape index (κ2) is 7.34. The van der Waals surface area contributed by atoms with Crippen molar-refractivity contribution in [3.8, 4) is 5.75 Å². The molecule has 9 heteroatoms. The molecule has 0 bridgehead atoms. The molecule has 146 valence electrons. The van der Waals surface area contributed by atoms with Crippen LogP contribution in [0.2, 0.25) is 0 Å². The van der Waals surface area contributed by atoms with Crippen LogP contribution in [-0.4, -0.2) is 40.3 Å². The lowest BCUT2D eigenvalue weighted by molar-refractivity contribution is -0.136. The van der Waals surface area contributed by atoms with Crippen LogP contribution in [0.4, 0.5) is 4.79 Å². The van der Waals surface area contributed by atoms with Gasteiger partial charge in [-0.15, -0.1) is 0 Å². The molecule has 0 saturated carbocycles. The Hall–Kier alpha value is -3.36. The van der Waals surface area contributed by atoms with E-state index < -0.39 is 12.0 Å². The van der Waals surface area contributed by atoms with Gasteiger partial charge in [0.2, 0.25) is 5.89 Å². The Kier molecular flexibility index (Phi) is 4.72. The molecule has 9 nitrogen and oxygen atoms in total. The summed E-state index contributed by atoms with van der Waals surface area (Å²) in [6, 6.07) is 6.33. The molecule has 0 radical (unpaired) electrons. The van der Waals surface area contributed by atoms with Gasteiger partial charge in [-0.1, -0.05) is 24.2 Å². The molecule has 2 amide bonds. The quantitative estimate of drug-likeness (QED) is 0.760. The van der Waals surface area contributed by atoms with E-state index in [-0.39, 0.29) is 19.2 Å². The van der Waals surface area contributed by atoms with Gasteiger partial charge < -0.3 is 19.3 Å². The van der Waals surface area contributed by atoms with Crippen molar-refractivity contribution >= 4 is 12.0 Å². The Morgan fingerprint density at radius 2 is 2.04 bits per heavy atom. The second-order valence-electron chi connectivity index (χ2n) is 6.37. The van der Waals surface area contributed by atoms with Crippen LogP contribution >= 0.6 is 0 Å². The van der Waals surface area contributed by atoms with Gasteiger partial charge in [-0.3, -0.25) is 4.90 Å². The monoisotopic (exact) mass is 384 g/mol. The number of carbonyl (C=O) groups excluding carboxylic acids is 2. The molecule has 1 N–H and O–H groups in total. The number of ether oxygens (including phenoxy) is 2. The molecule has 3 heterocycles. The number of aromatic nitrogens is 2. The van der Waals surface area contributed by atoms with E-state index in [4.69, 9.17) is 14.0 Å². The maximum Gasteiger partial charge on any atom is 0.338 e. The van der Waals surface area contributed by atoms with Gasteiger partial charge in [0, 0.05) is 6.42 Å². The maximum absolute atomic E-state index is 12.8. The molecular weight excluding hydrogens is 364 g/mol. The van der Waals surface area contributed by atoms with Crippen molar-refractivity contribution in [3.63, 3.8) is 0 Å². The SMILES string of the molecule is CCOc1ccc(C2NC(=O)N(Cc3nc(CC)no3)C3=C2C(=O)OC3)cc1. The molecule has 0 aliphatic carbocycles. The van der Waals surface area contributed by atoms with E-state index in [9.17, 15) is 9.59 Å². The van der Waals surface area contributed by atoms with Crippen molar-refractivity contribution in [2.75, 3.05) is 13.2 Å². The first-order valence-corrected chi connectivity index (χ1v) is 9.13. The first-order valence-electron chi connectivity index (χ1n) is 9.13. The number of aryl methyl sites for hydroxylation is 1. The number of cyclic esters (lactones) is 1. The predicted octanol–water partition coefficient (Wildman–Crippen LogP) is 2.11. The van der Waals surface area contributed by atoms with E-state index >= 15 is 0 Å². The lowest BCUT2D eigenvalue weighted by Gasteiger charge is -2.32. The number of hydrogen-bond donors (Lipinski definition) is 1. The number of rotatable bonds is 6. The fourth-order valence-electron chi connectivity index (χ4n) is 3.28. The van der Waals surface area contributed by atoms with Crippen LogP contribution in [0.15, 0.2) is 40.1 Å². The summed E-state index contributed by atoms with van der Waals surface area (Å²) in [5.41, 5.74) is 1.71. The second-order valence-corrected chi connectivity index (χ2v) is 6.37. The van der Waals surface area contributed by atoms with Crippen molar-refractivity contribution in [1.29, 1.82) is 0 Å². The number of amides is 2. The molecule has 0 spiro atoms. The number of benzene rings is 1. The van der Waals surface area contributed by atoms with E-state index in [0.717, 1.165) is 11.3 Å². The lowest BCUT2D eigenvalue weighted by atomic mass is 9.95. The molecule has 1 aromatic heterocycles. The number of hydrogen-bond acceptors (Lipinski definition) is 7. The molecule has 28 heavy (non-hydrogen) atoms. The summed E-state index contributed by atoms with van der Waals surface area (Å²) in [6.07, 6.45) is 0.630. The molecule has 2 aliphatic heterocycles. The molecular formula is C19H20N4O5. The van der Waals surface area contributed by atoms with Crippen molar-refractivity contribution in [3.05, 3.63) is 52.8 Å². The topological polar surface area (TPSA) is 107 Å². The molecule has 0 saturated heterocycles. The average molecular weight is 384 g/mol. The molecule has 1 unspecified atom stereocenters. The van der Waals surface area contributed by atoms with Gasteiger partial charge in [-0.05, 0) is 24.6 Å². The fourth-order valence-corrected chi connectivity index (χ4v) is 3.28. The van der Waals surface area contributed by atoms with Gasteiger partial charge in [0.15, 0.2) is 5.82 Å². The minimum absolute atomic E-state index is 0.0316. The van der Waals surface area contributed by atoms with Crippen LogP contribution in [0.3, 0.4) is 0 Å². The highest BCUT2D eigenvalue weighted by molar-refractivity contribution is 5.97. The maximum atomic E-state index is 12.8. The number of esters is 1. The van der Waals surface area contributed by atoms with E-state index in [1.807, 2.05) is 38.1 Å². The van der Waals surface area contributed by atoms with Crippen LogP contribution in [0.25, 0.3) is 0 Å². The van der Waals surface area contributed by atoms with Crippen molar-refractivity contribution < 1.29 is 23.6 Å². The predicted molar refractivity (Wildman–Crippen MR) is 96.1 cm³/mol. The highest BCUT2D eigenvalue weighted by Gasteiger charge is 2.42. The zero-order valence-electron chi connectivity index (χ0n) is 15.6. The van der Waals surface area contributed by atoms with Gasteiger partial charge >= 0.3 is 12.0 Å². The summed E-state index contributed by atoms with van der Waals surface area (Å²) in [5, 5.41) is 6.72. The summed E-state index contributed by atoms with van der Waals surface area (Å²) in [5.74, 6) is 1.14. The van der Waals surface area contributed by atoms with E-state index in [1.54, 1.807) is 0 Å². The summed E-state index contributed by atoms with van der Waals surface area (Å²) in [4.78, 5) is 30.8. The Bertz CT molecular complexity index is 934. The molecule has 0 fully saturated rings. The van der Waals surface area contributed by atoms with Gasteiger partial charge in [0.25, 0.3) is 0 Å². The first kappa shape index (κ1) is 18.0. The summed E-state index contributed by atoms with van der Waals surface area (Å²) in [6.45, 7) is 4.48. The zero-order chi connectivity index (χ0) is 19.7. The van der Waals surface area contributed by atoms with Gasteiger partial charge in [-0.2, -0.15) is 4.98 Å². The molecule has 1 aromatic carbocycles. The van der Waals surface area contributed by atoms with Crippen LogP contribution in [-0.2, 0) is 22.5 Å². The summed E-state index contributed by atoms with van der Waals surface area (Å²) in [7, 11) is 0. The molecule has 2 aliphatic rings. The summed E-state index contributed by atoms with van der Waals surface area (Å²) >= 11 is 0. The molecule has 1 atom stereocenters. The average Bonchev–Trinajstić information content (AvgIpc) is 3.31. The molecule has 4 rings (SSSR count). The number of carbonyl (C=O) groups is 2. The standard InChI is InChI=1S/C19H20N4O5/c1-3-14-20-15(28-22-14)9-23-13-10-27-18(24)16(13)17(21-19(23)25)11-5-7-12(8-6-11)26-4-2/h5-8,17H,3-4,9-10H2,1-2H3,(H,21,25). The van der Waals surface area contributed by atoms with Crippen molar-refractivity contribution in [1.82, 2.24) is 20.4 Å². The Labute approximate surface area is 161 Å². The van der Waals surface area contributed by atoms with E-state index in [2.05, 4.69) is 15.5 Å². The highest BCUT2D eigenvalue weighted by atomic mass is 16.5. The van der Waals surface area contributed by atoms with Crippen molar-refractivity contribution in [2.24, 2.45) is 0 Å². The normalized spacial score (nSPS) is 18.8. The zero-order valence-corrected chi connectivity index (χ0v) is 15.6. The lowest BCUT2D eigenvalue weighted by Crippen LogP contribution is -2.46. The van der Waals surface area contributed by atoms with Crippen LogP contribution < -0.4 is 10.1 Å². The smallest absolute Gasteiger partial charge is 0.338 e. The Balaban J connectivity index is 1.65. The Morgan fingerprint density at radius 1 is 1.25 bits per heavy atom. The van der Waals surface area contributed by atoms with E-state index in [0.29, 0.717) is 36.0 Å². The fraction of sp³-hybridized carbons (Fsp3) is 0.368. The van der Waals surface area contributed by atoms with Crippen LogP contribution in [0.5, 0.6) is 5.75 Å². The molecule has 2 aromatic rings. The van der Waals surface area contributed by atoms with Gasteiger partial charge in [0.05, 0.1) is 23.9 Å². The third-order valence-electron chi connectivity index (χ3n) is 4.64. The minimum Gasteiger partial charge on any atom is -0.494 e.